The van der Waals surface area contributed by atoms with E-state index in [1.54, 1.807) is 12.4 Å². The number of aromatic nitrogens is 1. The van der Waals surface area contributed by atoms with Crippen LogP contribution in [0.1, 0.15) is 16.7 Å². The van der Waals surface area contributed by atoms with Crippen molar-refractivity contribution in [1.29, 1.82) is 0 Å². The molecule has 96 valence electrons. The molecular weight excluding hydrogens is 281 g/mol. The highest BCUT2D eigenvalue weighted by molar-refractivity contribution is 6.31. The molecule has 2 aromatic heterocycles. The number of pyridine rings is 1. The lowest BCUT2D eigenvalue weighted by Crippen LogP contribution is -1.95. The van der Waals surface area contributed by atoms with E-state index in [4.69, 9.17) is 27.6 Å². The molecule has 0 bridgehead atoms. The summed E-state index contributed by atoms with van der Waals surface area (Å²) in [6.07, 6.45) is 3.95. The van der Waals surface area contributed by atoms with Crippen LogP contribution in [0.2, 0.25) is 5.02 Å². The number of hydrogen-bond donors (Lipinski definition) is 0. The van der Waals surface area contributed by atoms with Crippen LogP contribution in [-0.4, -0.2) is 4.98 Å². The number of alkyl halides is 1. The summed E-state index contributed by atoms with van der Waals surface area (Å²) in [4.78, 5) is 3.96. The third kappa shape index (κ3) is 2.60. The Bertz CT molecular complexity index is 675. The van der Waals surface area contributed by atoms with E-state index in [2.05, 4.69) is 4.98 Å². The number of fused-ring (bicyclic) bond motifs is 1. The first-order valence-electron chi connectivity index (χ1n) is 5.95. The van der Waals surface area contributed by atoms with Gasteiger partial charge in [-0.05, 0) is 30.2 Å². The molecule has 1 atom stereocenters. The quantitative estimate of drug-likeness (QED) is 0.635. The zero-order chi connectivity index (χ0) is 13.2. The predicted molar refractivity (Wildman–Crippen MR) is 77.8 cm³/mol. The summed E-state index contributed by atoms with van der Waals surface area (Å²) in [6, 6.07) is 11.7. The molecule has 0 saturated carbocycles. The molecule has 2 heterocycles. The number of hydrogen-bond acceptors (Lipinski definition) is 2. The largest absolute Gasteiger partial charge is 0.459 e. The van der Waals surface area contributed by atoms with Gasteiger partial charge in [0.2, 0.25) is 0 Å². The lowest BCUT2D eigenvalue weighted by Gasteiger charge is -2.07. The van der Waals surface area contributed by atoms with Crippen molar-refractivity contribution in [3.63, 3.8) is 0 Å². The highest BCUT2D eigenvalue weighted by atomic mass is 35.5. The Labute approximate surface area is 121 Å². The summed E-state index contributed by atoms with van der Waals surface area (Å²) in [6.45, 7) is 0. The van der Waals surface area contributed by atoms with Crippen molar-refractivity contribution in [2.45, 2.75) is 11.8 Å². The molecule has 3 aromatic rings. The summed E-state index contributed by atoms with van der Waals surface area (Å²) in [5.74, 6) is 0.760. The van der Waals surface area contributed by atoms with E-state index in [-0.39, 0.29) is 5.38 Å². The fraction of sp³-hybridized carbons (Fsp3) is 0.133. The zero-order valence-electron chi connectivity index (χ0n) is 10.0. The highest BCUT2D eigenvalue weighted by Crippen LogP contribution is 2.31. The highest BCUT2D eigenvalue weighted by Gasteiger charge is 2.15. The van der Waals surface area contributed by atoms with E-state index < -0.39 is 0 Å². The van der Waals surface area contributed by atoms with Crippen LogP contribution in [-0.2, 0) is 6.42 Å². The predicted octanol–water partition coefficient (Wildman–Crippen LogP) is 5.00. The first-order valence-corrected chi connectivity index (χ1v) is 6.76. The van der Waals surface area contributed by atoms with Gasteiger partial charge in [0.25, 0.3) is 0 Å². The number of nitrogens with zero attached hydrogens (tertiary/aromatic N) is 1. The van der Waals surface area contributed by atoms with Crippen LogP contribution in [0.15, 0.2) is 53.2 Å². The van der Waals surface area contributed by atoms with Gasteiger partial charge in [0.1, 0.15) is 11.3 Å². The first kappa shape index (κ1) is 12.5. The molecule has 0 saturated heterocycles. The molecule has 0 aliphatic carbocycles. The molecule has 1 aromatic carbocycles. The van der Waals surface area contributed by atoms with E-state index >= 15 is 0 Å². The van der Waals surface area contributed by atoms with Crippen molar-refractivity contribution in [2.24, 2.45) is 0 Å². The Balaban J connectivity index is 1.87. The van der Waals surface area contributed by atoms with Gasteiger partial charge in [-0.3, -0.25) is 4.98 Å². The van der Waals surface area contributed by atoms with E-state index in [0.717, 1.165) is 22.3 Å². The minimum Gasteiger partial charge on any atom is -0.459 e. The Morgan fingerprint density at radius 2 is 2.05 bits per heavy atom. The van der Waals surface area contributed by atoms with E-state index in [0.29, 0.717) is 11.4 Å². The van der Waals surface area contributed by atoms with Gasteiger partial charge in [-0.1, -0.05) is 29.8 Å². The van der Waals surface area contributed by atoms with Gasteiger partial charge in [-0.25, -0.2) is 0 Å². The monoisotopic (exact) mass is 291 g/mol. The van der Waals surface area contributed by atoms with Crippen LogP contribution < -0.4 is 0 Å². The maximum absolute atomic E-state index is 6.41. The van der Waals surface area contributed by atoms with Gasteiger partial charge in [0.15, 0.2) is 0 Å². The maximum atomic E-state index is 6.41. The molecule has 1 unspecified atom stereocenters. The average Bonchev–Trinajstić information content (AvgIpc) is 2.85. The average molecular weight is 292 g/mol. The second-order valence-electron chi connectivity index (χ2n) is 4.33. The van der Waals surface area contributed by atoms with E-state index in [1.807, 2.05) is 36.4 Å². The van der Waals surface area contributed by atoms with Crippen molar-refractivity contribution >= 4 is 34.2 Å². The molecule has 3 rings (SSSR count). The van der Waals surface area contributed by atoms with E-state index in [1.165, 1.54) is 0 Å². The molecule has 0 fully saturated rings. The second kappa shape index (κ2) is 5.24. The molecule has 2 nitrogen and oxygen atoms in total. The second-order valence-corrected chi connectivity index (χ2v) is 5.26. The SMILES string of the molecule is Clc1cnccc1CC(Cl)c1cc2ccccc2o1. The fourth-order valence-corrected chi connectivity index (χ4v) is 2.49. The van der Waals surface area contributed by atoms with Crippen LogP contribution in [0.3, 0.4) is 0 Å². The van der Waals surface area contributed by atoms with Gasteiger partial charge in [0, 0.05) is 17.8 Å². The molecule has 0 radical (unpaired) electrons. The van der Waals surface area contributed by atoms with Crippen LogP contribution in [0.4, 0.5) is 0 Å². The Hall–Kier alpha value is -1.51. The van der Waals surface area contributed by atoms with Crippen molar-refractivity contribution < 1.29 is 4.42 Å². The summed E-state index contributed by atoms with van der Waals surface area (Å²) in [5.41, 5.74) is 1.82. The molecule has 0 aliphatic rings. The molecule has 0 amide bonds. The minimum atomic E-state index is -0.243. The Morgan fingerprint density at radius 1 is 1.21 bits per heavy atom. The number of para-hydroxylation sites is 1. The smallest absolute Gasteiger partial charge is 0.134 e. The molecule has 19 heavy (non-hydrogen) atoms. The van der Waals surface area contributed by atoms with Crippen molar-refractivity contribution in [3.8, 4) is 0 Å². The van der Waals surface area contributed by atoms with Gasteiger partial charge in [-0.15, -0.1) is 11.6 Å². The molecule has 0 aliphatic heterocycles. The van der Waals surface area contributed by atoms with Crippen molar-refractivity contribution in [3.05, 3.63) is 65.1 Å². The summed E-state index contributed by atoms with van der Waals surface area (Å²) < 4.78 is 5.75. The number of benzene rings is 1. The van der Waals surface area contributed by atoms with Gasteiger partial charge >= 0.3 is 0 Å². The lowest BCUT2D eigenvalue weighted by atomic mass is 10.1. The number of halogens is 2. The minimum absolute atomic E-state index is 0.243. The number of furan rings is 1. The standard InChI is InChI=1S/C15H11Cl2NO/c16-12(7-10-5-6-18-9-13(10)17)15-8-11-3-1-2-4-14(11)19-15/h1-6,8-9,12H,7H2. The molecule has 0 spiro atoms. The van der Waals surface area contributed by atoms with Crippen LogP contribution >= 0.6 is 23.2 Å². The summed E-state index contributed by atoms with van der Waals surface area (Å²) in [5, 5.41) is 1.44. The normalized spacial score (nSPS) is 12.7. The first-order chi connectivity index (χ1) is 9.24. The zero-order valence-corrected chi connectivity index (χ0v) is 11.5. The Morgan fingerprint density at radius 3 is 2.84 bits per heavy atom. The van der Waals surface area contributed by atoms with Crippen LogP contribution in [0.5, 0.6) is 0 Å². The van der Waals surface area contributed by atoms with Crippen molar-refractivity contribution in [2.75, 3.05) is 0 Å². The van der Waals surface area contributed by atoms with Crippen LogP contribution in [0.25, 0.3) is 11.0 Å². The topological polar surface area (TPSA) is 26.0 Å². The molecule has 4 heteroatoms. The third-order valence-corrected chi connectivity index (χ3v) is 3.72. The molecule has 0 N–H and O–H groups in total. The van der Waals surface area contributed by atoms with Crippen molar-refractivity contribution in [1.82, 2.24) is 4.98 Å². The fourth-order valence-electron chi connectivity index (χ4n) is 2.02. The van der Waals surface area contributed by atoms with Gasteiger partial charge < -0.3 is 4.42 Å². The van der Waals surface area contributed by atoms with E-state index in [9.17, 15) is 0 Å². The third-order valence-electron chi connectivity index (χ3n) is 3.01. The maximum Gasteiger partial charge on any atom is 0.134 e. The molecular formula is C15H11Cl2NO. The summed E-state index contributed by atoms with van der Waals surface area (Å²) in [7, 11) is 0. The summed E-state index contributed by atoms with van der Waals surface area (Å²) >= 11 is 12.5. The van der Waals surface area contributed by atoms with Gasteiger partial charge in [-0.2, -0.15) is 0 Å². The van der Waals surface area contributed by atoms with Crippen LogP contribution in [0, 0.1) is 0 Å². The number of rotatable bonds is 3. The Kier molecular flexibility index (Phi) is 3.45. The van der Waals surface area contributed by atoms with Gasteiger partial charge in [0.05, 0.1) is 10.4 Å². The lowest BCUT2D eigenvalue weighted by molar-refractivity contribution is 0.540.